The molecule has 0 saturated carbocycles. The first kappa shape index (κ1) is 15.6. The lowest BCUT2D eigenvalue weighted by molar-refractivity contribution is -0.118. The van der Waals surface area contributed by atoms with E-state index in [1.807, 2.05) is 13.8 Å². The zero-order valence-corrected chi connectivity index (χ0v) is 12.4. The van der Waals surface area contributed by atoms with Gasteiger partial charge in [-0.3, -0.25) is 9.59 Å². The molecule has 0 heterocycles. The number of carbonyl (C=O) groups is 2. The van der Waals surface area contributed by atoms with E-state index in [0.29, 0.717) is 12.1 Å². The number of carbonyl (C=O) groups excluding carboxylic acids is 2. The number of hydrogen-bond acceptors (Lipinski definition) is 2. The van der Waals surface area contributed by atoms with Gasteiger partial charge in [-0.15, -0.1) is 0 Å². The van der Waals surface area contributed by atoms with Crippen molar-refractivity contribution < 1.29 is 14.0 Å². The summed E-state index contributed by atoms with van der Waals surface area (Å²) in [5.74, 6) is -1.16. The summed E-state index contributed by atoms with van der Waals surface area (Å²) in [5, 5.41) is 0. The van der Waals surface area contributed by atoms with Gasteiger partial charge in [-0.2, -0.15) is 0 Å². The van der Waals surface area contributed by atoms with Gasteiger partial charge >= 0.3 is 0 Å². The van der Waals surface area contributed by atoms with Gasteiger partial charge in [0.15, 0.2) is 0 Å². The Hall–Kier alpha value is -1.43. The number of primary amides is 1. The van der Waals surface area contributed by atoms with Crippen LogP contribution in [0.5, 0.6) is 0 Å². The largest absolute Gasteiger partial charge is 0.368 e. The van der Waals surface area contributed by atoms with Crippen LogP contribution < -0.4 is 5.73 Å². The molecule has 104 valence electrons. The molecule has 0 radical (unpaired) electrons. The van der Waals surface area contributed by atoms with E-state index in [1.54, 1.807) is 0 Å². The molecule has 0 aromatic heterocycles. The Morgan fingerprint density at radius 1 is 1.42 bits per heavy atom. The summed E-state index contributed by atoms with van der Waals surface area (Å²) >= 11 is 3.03. The summed E-state index contributed by atoms with van der Waals surface area (Å²) in [6, 6.07) is 3.98. The smallest absolute Gasteiger partial charge is 0.254 e. The predicted octanol–water partition coefficient (Wildman–Crippen LogP) is 2.17. The van der Waals surface area contributed by atoms with Gasteiger partial charge < -0.3 is 10.6 Å². The molecule has 0 spiro atoms. The molecule has 4 nitrogen and oxygen atoms in total. The lowest BCUT2D eigenvalue weighted by Gasteiger charge is -2.23. The number of halogens is 2. The maximum atomic E-state index is 13.1. The van der Waals surface area contributed by atoms with E-state index in [0.717, 1.165) is 0 Å². The SMILES string of the molecule is CC(C)CN(CC(N)=O)C(=O)c1ccc(F)c(Br)c1. The van der Waals surface area contributed by atoms with Crippen LogP contribution in [0.25, 0.3) is 0 Å². The van der Waals surface area contributed by atoms with Crippen LogP contribution in [-0.2, 0) is 4.79 Å². The molecule has 0 fully saturated rings. The Morgan fingerprint density at radius 2 is 2.05 bits per heavy atom. The highest BCUT2D eigenvalue weighted by atomic mass is 79.9. The number of nitrogens with two attached hydrogens (primary N) is 1. The number of hydrogen-bond donors (Lipinski definition) is 1. The van der Waals surface area contributed by atoms with Crippen molar-refractivity contribution in [1.29, 1.82) is 0 Å². The monoisotopic (exact) mass is 330 g/mol. The molecular formula is C13H16BrFN2O2. The second-order valence-corrected chi connectivity index (χ2v) is 5.53. The average Bonchev–Trinajstić information content (AvgIpc) is 2.29. The van der Waals surface area contributed by atoms with E-state index >= 15 is 0 Å². The maximum Gasteiger partial charge on any atom is 0.254 e. The summed E-state index contributed by atoms with van der Waals surface area (Å²) in [4.78, 5) is 24.6. The molecule has 2 amide bonds. The van der Waals surface area contributed by atoms with Gasteiger partial charge in [0.1, 0.15) is 5.82 Å². The van der Waals surface area contributed by atoms with E-state index in [2.05, 4.69) is 15.9 Å². The Bertz CT molecular complexity index is 492. The van der Waals surface area contributed by atoms with Crippen molar-refractivity contribution in [2.75, 3.05) is 13.1 Å². The molecular weight excluding hydrogens is 315 g/mol. The van der Waals surface area contributed by atoms with Gasteiger partial charge in [-0.1, -0.05) is 13.8 Å². The molecule has 19 heavy (non-hydrogen) atoms. The Balaban J connectivity index is 2.97. The van der Waals surface area contributed by atoms with Crippen LogP contribution in [0.2, 0.25) is 0 Å². The lowest BCUT2D eigenvalue weighted by atomic mass is 10.1. The summed E-state index contributed by atoms with van der Waals surface area (Å²) < 4.78 is 13.3. The highest BCUT2D eigenvalue weighted by Gasteiger charge is 2.19. The molecule has 0 saturated heterocycles. The van der Waals surface area contributed by atoms with E-state index in [4.69, 9.17) is 5.73 Å². The molecule has 0 unspecified atom stereocenters. The standard InChI is InChI=1S/C13H16BrFN2O2/c1-8(2)6-17(7-12(16)18)13(19)9-3-4-11(15)10(14)5-9/h3-5,8H,6-7H2,1-2H3,(H2,16,18). The van der Waals surface area contributed by atoms with Gasteiger partial charge in [-0.25, -0.2) is 4.39 Å². The highest BCUT2D eigenvalue weighted by molar-refractivity contribution is 9.10. The van der Waals surface area contributed by atoms with E-state index in [1.165, 1.54) is 23.1 Å². The molecule has 0 aliphatic heterocycles. The van der Waals surface area contributed by atoms with Gasteiger partial charge in [0.05, 0.1) is 11.0 Å². The number of benzene rings is 1. The van der Waals surface area contributed by atoms with Crippen LogP contribution >= 0.6 is 15.9 Å². The fourth-order valence-corrected chi connectivity index (χ4v) is 2.04. The number of nitrogens with zero attached hydrogens (tertiary/aromatic N) is 1. The van der Waals surface area contributed by atoms with Gasteiger partial charge in [0.2, 0.25) is 5.91 Å². The number of rotatable bonds is 5. The predicted molar refractivity (Wildman–Crippen MR) is 74.0 cm³/mol. The Morgan fingerprint density at radius 3 is 2.53 bits per heavy atom. The van der Waals surface area contributed by atoms with Gasteiger partial charge in [-0.05, 0) is 40.0 Å². The molecule has 1 aromatic carbocycles. The van der Waals surface area contributed by atoms with Crippen LogP contribution in [0.4, 0.5) is 4.39 Å². The molecule has 1 rings (SSSR count). The molecule has 0 aliphatic carbocycles. The van der Waals surface area contributed by atoms with Crippen LogP contribution in [0.3, 0.4) is 0 Å². The molecule has 2 N–H and O–H groups in total. The lowest BCUT2D eigenvalue weighted by Crippen LogP contribution is -2.40. The molecule has 6 heteroatoms. The van der Waals surface area contributed by atoms with Crippen LogP contribution in [0.15, 0.2) is 22.7 Å². The Kier molecular flexibility index (Phi) is 5.47. The minimum Gasteiger partial charge on any atom is -0.368 e. The molecule has 1 aromatic rings. The normalized spacial score (nSPS) is 10.6. The van der Waals surface area contributed by atoms with Crippen LogP contribution in [0, 0.1) is 11.7 Å². The topological polar surface area (TPSA) is 63.4 Å². The second-order valence-electron chi connectivity index (χ2n) is 4.67. The zero-order valence-electron chi connectivity index (χ0n) is 10.8. The summed E-state index contributed by atoms with van der Waals surface area (Å²) in [6.45, 7) is 4.13. The average molecular weight is 331 g/mol. The highest BCUT2D eigenvalue weighted by Crippen LogP contribution is 2.18. The minimum absolute atomic E-state index is 0.147. The first-order valence-electron chi connectivity index (χ1n) is 5.84. The van der Waals surface area contributed by atoms with E-state index < -0.39 is 11.7 Å². The fraction of sp³-hybridized carbons (Fsp3) is 0.385. The molecule has 0 atom stereocenters. The summed E-state index contributed by atoms with van der Waals surface area (Å²) in [7, 11) is 0. The van der Waals surface area contributed by atoms with Crippen LogP contribution in [0.1, 0.15) is 24.2 Å². The van der Waals surface area contributed by atoms with Gasteiger partial charge in [0, 0.05) is 12.1 Å². The minimum atomic E-state index is -0.574. The molecule has 0 bridgehead atoms. The maximum absolute atomic E-state index is 13.1. The van der Waals surface area contributed by atoms with Crippen molar-refractivity contribution in [1.82, 2.24) is 4.90 Å². The fourth-order valence-electron chi connectivity index (χ4n) is 1.66. The van der Waals surface area contributed by atoms with E-state index in [-0.39, 0.29) is 22.8 Å². The van der Waals surface area contributed by atoms with Crippen molar-refractivity contribution in [3.05, 3.63) is 34.1 Å². The third kappa shape index (κ3) is 4.63. The second kappa shape index (κ2) is 6.65. The van der Waals surface area contributed by atoms with Crippen molar-refractivity contribution in [3.8, 4) is 0 Å². The van der Waals surface area contributed by atoms with Gasteiger partial charge in [0.25, 0.3) is 5.91 Å². The van der Waals surface area contributed by atoms with Crippen molar-refractivity contribution in [2.45, 2.75) is 13.8 Å². The van der Waals surface area contributed by atoms with E-state index in [9.17, 15) is 14.0 Å². The first-order valence-corrected chi connectivity index (χ1v) is 6.63. The first-order chi connectivity index (χ1) is 8.81. The quantitative estimate of drug-likeness (QED) is 0.899. The third-order valence-electron chi connectivity index (χ3n) is 2.39. The van der Waals surface area contributed by atoms with Crippen molar-refractivity contribution in [3.63, 3.8) is 0 Å². The van der Waals surface area contributed by atoms with Crippen molar-refractivity contribution >= 4 is 27.7 Å². The Labute approximate surface area is 119 Å². The third-order valence-corrected chi connectivity index (χ3v) is 2.99. The zero-order chi connectivity index (χ0) is 14.6. The summed E-state index contributed by atoms with van der Waals surface area (Å²) in [5.41, 5.74) is 5.45. The summed E-state index contributed by atoms with van der Waals surface area (Å²) in [6.07, 6.45) is 0. The van der Waals surface area contributed by atoms with Crippen molar-refractivity contribution in [2.24, 2.45) is 11.7 Å². The molecule has 0 aliphatic rings. The number of amides is 2. The van der Waals surface area contributed by atoms with Crippen LogP contribution in [-0.4, -0.2) is 29.8 Å².